The zero-order valence-electron chi connectivity index (χ0n) is 10.5. The van der Waals surface area contributed by atoms with E-state index in [1.54, 1.807) is 18.0 Å². The zero-order chi connectivity index (χ0) is 13.4. The second-order valence-corrected chi connectivity index (χ2v) is 4.13. The van der Waals surface area contributed by atoms with Crippen molar-refractivity contribution in [1.82, 2.24) is 20.0 Å². The van der Waals surface area contributed by atoms with E-state index in [2.05, 4.69) is 15.3 Å². The number of aromatic amines is 1. The molecule has 2 heterocycles. The highest BCUT2D eigenvalue weighted by atomic mass is 16.5. The van der Waals surface area contributed by atoms with Crippen molar-refractivity contribution in [1.29, 1.82) is 0 Å². The Morgan fingerprint density at radius 3 is 2.89 bits per heavy atom. The van der Waals surface area contributed by atoms with Crippen molar-refractivity contribution in [2.45, 2.75) is 6.92 Å². The minimum absolute atomic E-state index is 0.274. The lowest BCUT2D eigenvalue weighted by atomic mass is 10.2. The lowest BCUT2D eigenvalue weighted by molar-refractivity contribution is 0.412. The fourth-order valence-corrected chi connectivity index (χ4v) is 2.07. The largest absolute Gasteiger partial charge is 0.494 e. The molecule has 0 bridgehead atoms. The number of benzene rings is 1. The first kappa shape index (κ1) is 11.5. The van der Waals surface area contributed by atoms with E-state index in [9.17, 15) is 4.79 Å². The number of nitrogens with one attached hydrogen (secondary N) is 1. The average molecular weight is 256 g/mol. The van der Waals surface area contributed by atoms with Crippen LogP contribution >= 0.6 is 0 Å². The predicted octanol–water partition coefficient (Wildman–Crippen LogP) is 1.43. The number of rotatable bonds is 2. The summed E-state index contributed by atoms with van der Waals surface area (Å²) in [7, 11) is 1.58. The molecule has 0 unspecified atom stereocenters. The lowest BCUT2D eigenvalue weighted by Crippen LogP contribution is -2.13. The first-order valence-corrected chi connectivity index (χ1v) is 5.79. The zero-order valence-corrected chi connectivity index (χ0v) is 10.5. The van der Waals surface area contributed by atoms with Crippen molar-refractivity contribution in [2.75, 3.05) is 7.11 Å². The molecule has 96 valence electrons. The van der Waals surface area contributed by atoms with Crippen molar-refractivity contribution >= 4 is 10.9 Å². The minimum Gasteiger partial charge on any atom is -0.494 e. The number of para-hydroxylation sites is 2. The van der Waals surface area contributed by atoms with E-state index in [0.717, 1.165) is 16.8 Å². The minimum atomic E-state index is -0.274. The first-order valence-electron chi connectivity index (χ1n) is 5.79. The summed E-state index contributed by atoms with van der Waals surface area (Å²) in [4.78, 5) is 12.0. The van der Waals surface area contributed by atoms with Crippen molar-refractivity contribution in [2.24, 2.45) is 0 Å². The Morgan fingerprint density at radius 2 is 2.11 bits per heavy atom. The van der Waals surface area contributed by atoms with E-state index < -0.39 is 0 Å². The Morgan fingerprint density at radius 1 is 1.32 bits per heavy atom. The average Bonchev–Trinajstić information content (AvgIpc) is 2.89. The van der Waals surface area contributed by atoms with Crippen molar-refractivity contribution in [3.05, 3.63) is 46.5 Å². The van der Waals surface area contributed by atoms with E-state index in [1.807, 2.05) is 31.2 Å². The third-order valence-corrected chi connectivity index (χ3v) is 3.01. The standard InChI is InChI=1S/C13H12N4O2/c1-8-9-7-14-17(12(9)13(18)16-15-8)10-5-3-4-6-11(10)19-2/h3-7H,1-2H3,(H,16,18). The van der Waals surface area contributed by atoms with Crippen LogP contribution in [0.1, 0.15) is 5.69 Å². The summed E-state index contributed by atoms with van der Waals surface area (Å²) >= 11 is 0. The number of aromatic nitrogens is 4. The van der Waals surface area contributed by atoms with Gasteiger partial charge in [-0.3, -0.25) is 4.79 Å². The Hall–Kier alpha value is -2.63. The molecule has 0 atom stereocenters. The van der Waals surface area contributed by atoms with Gasteiger partial charge in [0.2, 0.25) is 0 Å². The Labute approximate surface area is 108 Å². The molecule has 0 aliphatic heterocycles. The molecule has 0 radical (unpaired) electrons. The van der Waals surface area contributed by atoms with Crippen LogP contribution in [0.5, 0.6) is 5.75 Å². The van der Waals surface area contributed by atoms with Gasteiger partial charge in [-0.05, 0) is 19.1 Å². The maximum Gasteiger partial charge on any atom is 0.290 e. The van der Waals surface area contributed by atoms with Gasteiger partial charge in [-0.15, -0.1) is 0 Å². The summed E-state index contributed by atoms with van der Waals surface area (Å²) in [6.07, 6.45) is 1.64. The second-order valence-electron chi connectivity index (χ2n) is 4.13. The van der Waals surface area contributed by atoms with Crippen LogP contribution in [-0.2, 0) is 0 Å². The van der Waals surface area contributed by atoms with Crippen LogP contribution in [-0.4, -0.2) is 27.1 Å². The van der Waals surface area contributed by atoms with E-state index in [-0.39, 0.29) is 5.56 Å². The summed E-state index contributed by atoms with van der Waals surface area (Å²) in [6, 6.07) is 7.41. The van der Waals surface area contributed by atoms with E-state index in [1.165, 1.54) is 0 Å². The van der Waals surface area contributed by atoms with Crippen LogP contribution in [0.4, 0.5) is 0 Å². The highest BCUT2D eigenvalue weighted by Gasteiger charge is 2.14. The van der Waals surface area contributed by atoms with E-state index >= 15 is 0 Å². The molecule has 1 aromatic carbocycles. The van der Waals surface area contributed by atoms with Crippen LogP contribution in [0, 0.1) is 6.92 Å². The summed E-state index contributed by atoms with van der Waals surface area (Å²) in [5.74, 6) is 0.654. The molecule has 6 heteroatoms. The highest BCUT2D eigenvalue weighted by molar-refractivity contribution is 5.81. The van der Waals surface area contributed by atoms with Crippen LogP contribution in [0.2, 0.25) is 0 Å². The molecule has 0 amide bonds. The molecule has 3 aromatic rings. The summed E-state index contributed by atoms with van der Waals surface area (Å²) < 4.78 is 6.87. The molecule has 3 rings (SSSR count). The van der Waals surface area contributed by atoms with Crippen LogP contribution in [0.15, 0.2) is 35.3 Å². The highest BCUT2D eigenvalue weighted by Crippen LogP contribution is 2.24. The van der Waals surface area contributed by atoms with Gasteiger partial charge in [-0.1, -0.05) is 12.1 Å². The summed E-state index contributed by atoms with van der Waals surface area (Å²) in [6.45, 7) is 1.83. The molecule has 0 fully saturated rings. The van der Waals surface area contributed by atoms with E-state index in [0.29, 0.717) is 11.3 Å². The van der Waals surface area contributed by atoms with Gasteiger partial charge in [-0.25, -0.2) is 9.78 Å². The number of methoxy groups -OCH3 is 1. The van der Waals surface area contributed by atoms with Crippen molar-refractivity contribution in [3.8, 4) is 11.4 Å². The molecule has 6 nitrogen and oxygen atoms in total. The third-order valence-electron chi connectivity index (χ3n) is 3.01. The van der Waals surface area contributed by atoms with Gasteiger partial charge in [-0.2, -0.15) is 10.2 Å². The maximum atomic E-state index is 12.0. The number of ether oxygens (including phenoxy) is 1. The van der Waals surface area contributed by atoms with E-state index in [4.69, 9.17) is 4.74 Å². The SMILES string of the molecule is COc1ccccc1-n1ncc2c(C)n[nH]c(=O)c21. The van der Waals surface area contributed by atoms with Crippen LogP contribution < -0.4 is 10.3 Å². The lowest BCUT2D eigenvalue weighted by Gasteiger charge is -2.08. The number of H-pyrrole nitrogens is 1. The number of aryl methyl sites for hydroxylation is 1. The number of nitrogens with zero attached hydrogens (tertiary/aromatic N) is 3. The van der Waals surface area contributed by atoms with Gasteiger partial charge in [0.1, 0.15) is 17.0 Å². The first-order chi connectivity index (χ1) is 9.22. The van der Waals surface area contributed by atoms with Gasteiger partial charge in [0.05, 0.1) is 19.0 Å². The molecule has 0 aliphatic carbocycles. The summed E-state index contributed by atoms with van der Waals surface area (Å²) in [5, 5.41) is 11.4. The summed E-state index contributed by atoms with van der Waals surface area (Å²) in [5.41, 5.74) is 1.65. The Balaban J connectivity index is 2.38. The maximum absolute atomic E-state index is 12.0. The fourth-order valence-electron chi connectivity index (χ4n) is 2.07. The molecule has 0 saturated heterocycles. The number of hydrogen-bond acceptors (Lipinski definition) is 4. The topological polar surface area (TPSA) is 72.8 Å². The second kappa shape index (κ2) is 4.24. The molecule has 2 aromatic heterocycles. The van der Waals surface area contributed by atoms with Gasteiger partial charge < -0.3 is 4.74 Å². The monoisotopic (exact) mass is 256 g/mol. The molecular weight excluding hydrogens is 244 g/mol. The third kappa shape index (κ3) is 1.69. The molecule has 0 aliphatic rings. The van der Waals surface area contributed by atoms with Crippen LogP contribution in [0.25, 0.3) is 16.6 Å². The number of hydrogen-bond donors (Lipinski definition) is 1. The van der Waals surface area contributed by atoms with Crippen molar-refractivity contribution < 1.29 is 4.74 Å². The smallest absolute Gasteiger partial charge is 0.290 e. The Kier molecular flexibility index (Phi) is 2.56. The Bertz CT molecular complexity index is 804. The number of fused-ring (bicyclic) bond motifs is 1. The molecule has 0 saturated carbocycles. The molecular formula is C13H12N4O2. The van der Waals surface area contributed by atoms with Gasteiger partial charge in [0.25, 0.3) is 5.56 Å². The molecule has 1 N–H and O–H groups in total. The normalized spacial score (nSPS) is 10.8. The van der Waals surface area contributed by atoms with Gasteiger partial charge in [0, 0.05) is 5.39 Å². The van der Waals surface area contributed by atoms with Crippen molar-refractivity contribution in [3.63, 3.8) is 0 Å². The fraction of sp³-hybridized carbons (Fsp3) is 0.154. The quantitative estimate of drug-likeness (QED) is 0.752. The molecule has 0 spiro atoms. The predicted molar refractivity (Wildman–Crippen MR) is 70.8 cm³/mol. The van der Waals surface area contributed by atoms with Crippen LogP contribution in [0.3, 0.4) is 0 Å². The van der Waals surface area contributed by atoms with Gasteiger partial charge >= 0.3 is 0 Å². The van der Waals surface area contributed by atoms with Gasteiger partial charge in [0.15, 0.2) is 0 Å². The molecule has 19 heavy (non-hydrogen) atoms.